The number of hydrogen-bond donors (Lipinski definition) is 0. The molecular formula is C16H23N3. The SMILES string of the molecule is Cc1ccc2nc(CC3CCCN3C(C)C)cn2c1. The van der Waals surface area contributed by atoms with Crippen LogP contribution in [0.1, 0.15) is 37.9 Å². The molecule has 0 amide bonds. The number of imidazole rings is 1. The van der Waals surface area contributed by atoms with E-state index in [0.717, 1.165) is 12.1 Å². The summed E-state index contributed by atoms with van der Waals surface area (Å²) in [4.78, 5) is 7.37. The Morgan fingerprint density at radius 3 is 2.95 bits per heavy atom. The lowest BCUT2D eigenvalue weighted by molar-refractivity contribution is 0.202. The zero-order valence-electron chi connectivity index (χ0n) is 12.1. The summed E-state index contributed by atoms with van der Waals surface area (Å²) < 4.78 is 2.15. The smallest absolute Gasteiger partial charge is 0.136 e. The fraction of sp³-hybridized carbons (Fsp3) is 0.562. The van der Waals surface area contributed by atoms with E-state index in [9.17, 15) is 0 Å². The molecule has 1 aliphatic rings. The Morgan fingerprint density at radius 2 is 2.16 bits per heavy atom. The molecule has 2 aromatic heterocycles. The van der Waals surface area contributed by atoms with Crippen LogP contribution in [0.2, 0.25) is 0 Å². The molecule has 0 aliphatic carbocycles. The topological polar surface area (TPSA) is 20.5 Å². The standard InChI is InChI=1S/C16H23N3/c1-12(2)19-8-4-5-15(19)9-14-11-18-10-13(3)6-7-16(18)17-14/h6-7,10-12,15H,4-5,8-9H2,1-3H3. The summed E-state index contributed by atoms with van der Waals surface area (Å²) in [6.45, 7) is 7.96. The lowest BCUT2D eigenvalue weighted by atomic mass is 10.1. The molecule has 3 heterocycles. The van der Waals surface area contributed by atoms with Crippen molar-refractivity contribution in [3.05, 3.63) is 35.8 Å². The molecule has 102 valence electrons. The van der Waals surface area contributed by atoms with Gasteiger partial charge in [0.2, 0.25) is 0 Å². The first-order chi connectivity index (χ1) is 9.13. The van der Waals surface area contributed by atoms with Crippen LogP contribution in [0.15, 0.2) is 24.5 Å². The molecule has 1 aliphatic heterocycles. The Kier molecular flexibility index (Phi) is 3.31. The molecular weight excluding hydrogens is 234 g/mol. The summed E-state index contributed by atoms with van der Waals surface area (Å²) in [5.41, 5.74) is 3.57. The van der Waals surface area contributed by atoms with Crippen molar-refractivity contribution in [3.63, 3.8) is 0 Å². The maximum atomic E-state index is 4.75. The van der Waals surface area contributed by atoms with Crippen LogP contribution in [0.25, 0.3) is 5.65 Å². The zero-order valence-corrected chi connectivity index (χ0v) is 12.1. The van der Waals surface area contributed by atoms with Gasteiger partial charge in [0.05, 0.1) is 5.69 Å². The zero-order chi connectivity index (χ0) is 13.4. The average molecular weight is 257 g/mol. The van der Waals surface area contributed by atoms with Crippen LogP contribution in [0.5, 0.6) is 0 Å². The maximum Gasteiger partial charge on any atom is 0.136 e. The highest BCUT2D eigenvalue weighted by Crippen LogP contribution is 2.23. The van der Waals surface area contributed by atoms with Crippen molar-refractivity contribution in [1.82, 2.24) is 14.3 Å². The molecule has 3 nitrogen and oxygen atoms in total. The van der Waals surface area contributed by atoms with E-state index in [1.165, 1.54) is 30.6 Å². The van der Waals surface area contributed by atoms with Crippen LogP contribution in [0, 0.1) is 6.92 Å². The van der Waals surface area contributed by atoms with Gasteiger partial charge >= 0.3 is 0 Å². The van der Waals surface area contributed by atoms with Crippen LogP contribution >= 0.6 is 0 Å². The van der Waals surface area contributed by atoms with Gasteiger partial charge in [0, 0.05) is 30.9 Å². The van der Waals surface area contributed by atoms with Crippen LogP contribution in [0.3, 0.4) is 0 Å². The number of likely N-dealkylation sites (tertiary alicyclic amines) is 1. The minimum Gasteiger partial charge on any atom is -0.307 e. The molecule has 0 aromatic carbocycles. The van der Waals surface area contributed by atoms with E-state index in [0.29, 0.717) is 12.1 Å². The molecule has 3 heteroatoms. The number of rotatable bonds is 3. The van der Waals surface area contributed by atoms with E-state index < -0.39 is 0 Å². The Bertz CT molecular complexity index is 570. The fourth-order valence-corrected chi connectivity index (χ4v) is 3.25. The Labute approximate surface area is 115 Å². The van der Waals surface area contributed by atoms with Gasteiger partial charge in [-0.2, -0.15) is 0 Å². The maximum absolute atomic E-state index is 4.75. The second-order valence-corrected chi connectivity index (χ2v) is 6.04. The predicted molar refractivity (Wildman–Crippen MR) is 78.5 cm³/mol. The normalized spacial score (nSPS) is 20.7. The van der Waals surface area contributed by atoms with Gasteiger partial charge in [-0.3, -0.25) is 4.90 Å². The van der Waals surface area contributed by atoms with Crippen molar-refractivity contribution >= 4 is 5.65 Å². The number of aryl methyl sites for hydroxylation is 1. The first kappa shape index (κ1) is 12.7. The molecule has 0 spiro atoms. The van der Waals surface area contributed by atoms with Crippen molar-refractivity contribution in [2.24, 2.45) is 0 Å². The number of hydrogen-bond acceptors (Lipinski definition) is 2. The van der Waals surface area contributed by atoms with Crippen LogP contribution in [-0.2, 0) is 6.42 Å². The first-order valence-electron chi connectivity index (χ1n) is 7.33. The highest BCUT2D eigenvalue weighted by atomic mass is 15.2. The Balaban J connectivity index is 1.81. The van der Waals surface area contributed by atoms with Gasteiger partial charge in [-0.1, -0.05) is 6.07 Å². The quantitative estimate of drug-likeness (QED) is 0.842. The first-order valence-corrected chi connectivity index (χ1v) is 7.33. The highest BCUT2D eigenvalue weighted by molar-refractivity contribution is 5.41. The second kappa shape index (κ2) is 4.97. The summed E-state index contributed by atoms with van der Waals surface area (Å²) in [5, 5.41) is 0. The Morgan fingerprint density at radius 1 is 1.32 bits per heavy atom. The summed E-state index contributed by atoms with van der Waals surface area (Å²) in [6.07, 6.45) is 8.07. The second-order valence-electron chi connectivity index (χ2n) is 6.04. The van der Waals surface area contributed by atoms with Crippen LogP contribution in [0.4, 0.5) is 0 Å². The van der Waals surface area contributed by atoms with Crippen molar-refractivity contribution in [2.45, 2.75) is 52.1 Å². The molecule has 1 fully saturated rings. The fourth-order valence-electron chi connectivity index (χ4n) is 3.25. The van der Waals surface area contributed by atoms with E-state index in [4.69, 9.17) is 4.98 Å². The van der Waals surface area contributed by atoms with E-state index >= 15 is 0 Å². The Hall–Kier alpha value is -1.35. The number of pyridine rings is 1. The van der Waals surface area contributed by atoms with Gasteiger partial charge in [-0.15, -0.1) is 0 Å². The largest absolute Gasteiger partial charge is 0.307 e. The van der Waals surface area contributed by atoms with Crippen LogP contribution < -0.4 is 0 Å². The number of aromatic nitrogens is 2. The third-order valence-electron chi connectivity index (χ3n) is 4.18. The molecule has 0 radical (unpaired) electrons. The van der Waals surface area contributed by atoms with Gasteiger partial charge < -0.3 is 4.40 Å². The molecule has 1 saturated heterocycles. The van der Waals surface area contributed by atoms with E-state index in [1.807, 2.05) is 0 Å². The van der Waals surface area contributed by atoms with Crippen LogP contribution in [-0.4, -0.2) is 32.9 Å². The molecule has 0 saturated carbocycles. The monoisotopic (exact) mass is 257 g/mol. The molecule has 0 N–H and O–H groups in total. The summed E-state index contributed by atoms with van der Waals surface area (Å²) in [7, 11) is 0. The molecule has 0 bridgehead atoms. The average Bonchev–Trinajstić information content (AvgIpc) is 2.95. The highest BCUT2D eigenvalue weighted by Gasteiger charge is 2.27. The van der Waals surface area contributed by atoms with Crippen molar-refractivity contribution in [1.29, 1.82) is 0 Å². The number of fused-ring (bicyclic) bond motifs is 1. The van der Waals surface area contributed by atoms with Gasteiger partial charge in [0.15, 0.2) is 0 Å². The van der Waals surface area contributed by atoms with Crippen molar-refractivity contribution in [2.75, 3.05) is 6.54 Å². The van der Waals surface area contributed by atoms with Gasteiger partial charge in [-0.05, 0) is 51.8 Å². The van der Waals surface area contributed by atoms with Gasteiger partial charge in [0.25, 0.3) is 0 Å². The minimum absolute atomic E-state index is 0.645. The summed E-state index contributed by atoms with van der Waals surface area (Å²) >= 11 is 0. The summed E-state index contributed by atoms with van der Waals surface area (Å²) in [6, 6.07) is 5.55. The van der Waals surface area contributed by atoms with Gasteiger partial charge in [-0.25, -0.2) is 4.98 Å². The molecule has 3 rings (SSSR count). The van der Waals surface area contributed by atoms with Crippen molar-refractivity contribution < 1.29 is 0 Å². The van der Waals surface area contributed by atoms with E-state index in [2.05, 4.69) is 54.6 Å². The molecule has 1 atom stereocenters. The minimum atomic E-state index is 0.645. The summed E-state index contributed by atoms with van der Waals surface area (Å²) in [5.74, 6) is 0. The molecule has 19 heavy (non-hydrogen) atoms. The van der Waals surface area contributed by atoms with E-state index in [1.54, 1.807) is 0 Å². The molecule has 2 aromatic rings. The van der Waals surface area contributed by atoms with Gasteiger partial charge in [0.1, 0.15) is 5.65 Å². The lowest BCUT2D eigenvalue weighted by Gasteiger charge is -2.27. The van der Waals surface area contributed by atoms with E-state index in [-0.39, 0.29) is 0 Å². The predicted octanol–water partition coefficient (Wildman–Crippen LogP) is 3.06. The molecule has 1 unspecified atom stereocenters. The lowest BCUT2D eigenvalue weighted by Crippen LogP contribution is -2.36. The third kappa shape index (κ3) is 2.52. The third-order valence-corrected chi connectivity index (χ3v) is 4.18. The van der Waals surface area contributed by atoms with Crippen molar-refractivity contribution in [3.8, 4) is 0 Å². The number of nitrogens with zero attached hydrogens (tertiary/aromatic N) is 3.